The normalized spacial score (nSPS) is 11.4. The number of sulfonamides is 1. The summed E-state index contributed by atoms with van der Waals surface area (Å²) >= 11 is 1.23. The average Bonchev–Trinajstić information content (AvgIpc) is 2.85. The van der Waals surface area contributed by atoms with Gasteiger partial charge in [0.25, 0.3) is 5.91 Å². The van der Waals surface area contributed by atoms with E-state index in [4.69, 9.17) is 5.14 Å². The van der Waals surface area contributed by atoms with Crippen LogP contribution in [-0.2, 0) is 16.4 Å². The molecule has 0 saturated heterocycles. The molecule has 0 saturated carbocycles. The number of hydrogen-bond acceptors (Lipinski definition) is 4. The van der Waals surface area contributed by atoms with Gasteiger partial charge in [0, 0.05) is 0 Å². The van der Waals surface area contributed by atoms with Gasteiger partial charge in [-0.3, -0.25) is 4.79 Å². The van der Waals surface area contributed by atoms with Crippen molar-refractivity contribution in [1.29, 1.82) is 0 Å². The zero-order valence-electron chi connectivity index (χ0n) is 11.1. The second kappa shape index (κ2) is 5.92. The molecular formula is C13H13FN2O3S2. The number of carbonyl (C=O) groups is 1. The summed E-state index contributed by atoms with van der Waals surface area (Å²) < 4.78 is 36.2. The number of primary sulfonamides is 1. The maximum atomic E-state index is 13.3. The summed E-state index contributed by atoms with van der Waals surface area (Å²) in [7, 11) is -4.06. The summed E-state index contributed by atoms with van der Waals surface area (Å²) in [5.41, 5.74) is 0.670. The number of benzene rings is 1. The van der Waals surface area contributed by atoms with Crippen molar-refractivity contribution < 1.29 is 17.6 Å². The van der Waals surface area contributed by atoms with Gasteiger partial charge < -0.3 is 5.32 Å². The third-order valence-corrected chi connectivity index (χ3v) is 4.75. The van der Waals surface area contributed by atoms with Crippen molar-refractivity contribution in [2.75, 3.05) is 5.32 Å². The van der Waals surface area contributed by atoms with Gasteiger partial charge in [0.1, 0.15) is 10.7 Å². The van der Waals surface area contributed by atoms with Crippen LogP contribution in [0.2, 0.25) is 0 Å². The van der Waals surface area contributed by atoms with Gasteiger partial charge in [-0.25, -0.2) is 17.9 Å². The summed E-state index contributed by atoms with van der Waals surface area (Å²) in [6, 6.07) is 4.73. The van der Waals surface area contributed by atoms with E-state index < -0.39 is 21.7 Å². The van der Waals surface area contributed by atoms with Gasteiger partial charge in [0.2, 0.25) is 10.0 Å². The molecule has 1 aromatic carbocycles. The van der Waals surface area contributed by atoms with Gasteiger partial charge >= 0.3 is 0 Å². The van der Waals surface area contributed by atoms with E-state index in [2.05, 4.69) is 5.32 Å². The van der Waals surface area contributed by atoms with E-state index in [1.807, 2.05) is 13.0 Å². The molecule has 0 aliphatic heterocycles. The van der Waals surface area contributed by atoms with Crippen LogP contribution in [0, 0.1) is 5.82 Å². The smallest absolute Gasteiger partial charge is 0.266 e. The number of nitrogens with one attached hydrogen (secondary N) is 1. The second-order valence-corrected chi connectivity index (χ2v) is 6.71. The minimum Gasteiger partial charge on any atom is -0.320 e. The summed E-state index contributed by atoms with van der Waals surface area (Å²) in [6.45, 7) is 1.90. The van der Waals surface area contributed by atoms with Gasteiger partial charge in [0.15, 0.2) is 0 Å². The van der Waals surface area contributed by atoms with Gasteiger partial charge in [0.05, 0.1) is 10.6 Å². The van der Waals surface area contributed by atoms with Crippen LogP contribution in [0.3, 0.4) is 0 Å². The Kier molecular flexibility index (Phi) is 4.40. The molecule has 21 heavy (non-hydrogen) atoms. The molecule has 0 aliphatic carbocycles. The second-order valence-electron chi connectivity index (χ2n) is 4.27. The Bertz CT molecular complexity index is 784. The van der Waals surface area contributed by atoms with Crippen LogP contribution in [0.15, 0.2) is 34.5 Å². The number of anilines is 1. The van der Waals surface area contributed by atoms with Crippen LogP contribution in [0.1, 0.15) is 22.2 Å². The molecule has 0 spiro atoms. The standard InChI is InChI=1S/C13H13FN2O3S2/c1-2-8-5-6-20-12(8)13(17)16-10-7-9(14)3-4-11(10)21(15,18)19/h3-7H,2H2,1H3,(H,16,17)(H2,15,18,19). The number of amides is 1. The first-order valence-electron chi connectivity index (χ1n) is 6.03. The van der Waals surface area contributed by atoms with Gasteiger partial charge in [-0.05, 0) is 41.6 Å². The van der Waals surface area contributed by atoms with Gasteiger partial charge in [-0.15, -0.1) is 11.3 Å². The molecule has 112 valence electrons. The Morgan fingerprint density at radius 1 is 1.38 bits per heavy atom. The number of carbonyl (C=O) groups excluding carboxylic acids is 1. The Balaban J connectivity index is 2.40. The lowest BCUT2D eigenvalue weighted by Crippen LogP contribution is -2.18. The van der Waals surface area contributed by atoms with E-state index in [-0.39, 0.29) is 10.6 Å². The highest BCUT2D eigenvalue weighted by atomic mass is 32.2. The molecule has 2 aromatic rings. The lowest BCUT2D eigenvalue weighted by Gasteiger charge is -2.10. The first-order chi connectivity index (χ1) is 9.82. The molecule has 5 nitrogen and oxygen atoms in total. The largest absolute Gasteiger partial charge is 0.320 e. The number of halogens is 1. The molecule has 1 amide bonds. The molecule has 0 radical (unpaired) electrons. The molecule has 0 aliphatic rings. The van der Waals surface area contributed by atoms with Crippen LogP contribution in [0.4, 0.5) is 10.1 Å². The number of hydrogen-bond donors (Lipinski definition) is 2. The van der Waals surface area contributed by atoms with Crippen molar-refractivity contribution in [2.24, 2.45) is 5.14 Å². The van der Waals surface area contributed by atoms with Crippen molar-refractivity contribution in [2.45, 2.75) is 18.2 Å². The Hall–Kier alpha value is -1.77. The molecular weight excluding hydrogens is 315 g/mol. The van der Waals surface area contributed by atoms with Crippen LogP contribution in [0.25, 0.3) is 0 Å². The number of rotatable bonds is 4. The maximum absolute atomic E-state index is 13.3. The van der Waals surface area contributed by atoms with Crippen molar-refractivity contribution in [3.05, 3.63) is 45.9 Å². The van der Waals surface area contributed by atoms with Crippen molar-refractivity contribution >= 4 is 33.0 Å². The fraction of sp³-hybridized carbons (Fsp3) is 0.154. The zero-order valence-corrected chi connectivity index (χ0v) is 12.7. The summed E-state index contributed by atoms with van der Waals surface area (Å²) in [5.74, 6) is -1.16. The van der Waals surface area contributed by atoms with Crippen molar-refractivity contribution in [3.8, 4) is 0 Å². The van der Waals surface area contributed by atoms with E-state index in [9.17, 15) is 17.6 Å². The maximum Gasteiger partial charge on any atom is 0.266 e. The van der Waals surface area contributed by atoms with Crippen LogP contribution in [0.5, 0.6) is 0 Å². The summed E-state index contributed by atoms with van der Waals surface area (Å²) in [4.78, 5) is 12.3. The zero-order chi connectivity index (χ0) is 15.6. The van der Waals surface area contributed by atoms with Crippen LogP contribution < -0.4 is 10.5 Å². The number of thiophene rings is 1. The molecule has 2 rings (SSSR count). The topological polar surface area (TPSA) is 89.3 Å². The lowest BCUT2D eigenvalue weighted by atomic mass is 10.2. The van der Waals surface area contributed by atoms with Gasteiger partial charge in [-0.1, -0.05) is 6.92 Å². The monoisotopic (exact) mass is 328 g/mol. The Morgan fingerprint density at radius 3 is 2.71 bits per heavy atom. The molecule has 0 bridgehead atoms. The summed E-state index contributed by atoms with van der Waals surface area (Å²) in [5, 5.41) is 9.23. The molecule has 1 aromatic heterocycles. The van der Waals surface area contributed by atoms with Crippen molar-refractivity contribution in [3.63, 3.8) is 0 Å². The van der Waals surface area contributed by atoms with E-state index in [1.165, 1.54) is 11.3 Å². The quantitative estimate of drug-likeness (QED) is 0.903. The van der Waals surface area contributed by atoms with E-state index in [0.29, 0.717) is 11.3 Å². The Morgan fingerprint density at radius 2 is 2.10 bits per heavy atom. The third-order valence-electron chi connectivity index (χ3n) is 2.83. The minimum atomic E-state index is -4.06. The van der Waals surface area contributed by atoms with E-state index in [0.717, 1.165) is 23.8 Å². The lowest BCUT2D eigenvalue weighted by molar-refractivity contribution is 0.102. The predicted molar refractivity (Wildman–Crippen MR) is 79.4 cm³/mol. The van der Waals surface area contributed by atoms with Crippen LogP contribution in [-0.4, -0.2) is 14.3 Å². The molecule has 1 heterocycles. The highest BCUT2D eigenvalue weighted by Gasteiger charge is 2.19. The average molecular weight is 328 g/mol. The van der Waals surface area contributed by atoms with E-state index >= 15 is 0 Å². The van der Waals surface area contributed by atoms with Crippen LogP contribution >= 0.6 is 11.3 Å². The van der Waals surface area contributed by atoms with Crippen molar-refractivity contribution in [1.82, 2.24) is 0 Å². The van der Waals surface area contributed by atoms with Gasteiger partial charge in [-0.2, -0.15) is 0 Å². The molecule has 0 unspecified atom stereocenters. The fourth-order valence-corrected chi connectivity index (χ4v) is 3.40. The first kappa shape index (κ1) is 15.6. The highest BCUT2D eigenvalue weighted by molar-refractivity contribution is 7.89. The number of aryl methyl sites for hydroxylation is 1. The molecule has 3 N–H and O–H groups in total. The molecule has 0 fully saturated rings. The summed E-state index contributed by atoms with van der Waals surface area (Å²) in [6.07, 6.45) is 0.664. The third kappa shape index (κ3) is 3.46. The van der Waals surface area contributed by atoms with E-state index in [1.54, 1.807) is 5.38 Å². The SMILES string of the molecule is CCc1ccsc1C(=O)Nc1cc(F)ccc1S(N)(=O)=O. The highest BCUT2D eigenvalue weighted by Crippen LogP contribution is 2.24. The Labute approximate surface area is 125 Å². The predicted octanol–water partition coefficient (Wildman–Crippen LogP) is 2.35. The minimum absolute atomic E-state index is 0.169. The first-order valence-corrected chi connectivity index (χ1v) is 8.45. The number of nitrogens with two attached hydrogens (primary N) is 1. The fourth-order valence-electron chi connectivity index (χ4n) is 1.84. The molecule has 8 heteroatoms. The molecule has 0 atom stereocenters.